The number of hydrogen-bond acceptors (Lipinski definition) is 4. The third-order valence-electron chi connectivity index (χ3n) is 3.54. The smallest absolute Gasteiger partial charge is 0.264 e. The first-order chi connectivity index (χ1) is 9.39. The number of nitrogens with zero attached hydrogens (tertiary/aromatic N) is 1. The average Bonchev–Trinajstić information content (AvgIpc) is 2.95. The Morgan fingerprint density at radius 2 is 2.35 bits per heavy atom. The lowest BCUT2D eigenvalue weighted by atomic mass is 10.2. The summed E-state index contributed by atoms with van der Waals surface area (Å²) in [5.41, 5.74) is 3.55. The van der Waals surface area contributed by atoms with Crippen molar-refractivity contribution in [3.05, 3.63) is 29.2 Å². The Hall–Kier alpha value is -1.27. The molecule has 1 aromatic heterocycles. The summed E-state index contributed by atoms with van der Waals surface area (Å²) in [6.07, 6.45) is 6.66. The van der Waals surface area contributed by atoms with Crippen LogP contribution in [0.15, 0.2) is 18.0 Å². The van der Waals surface area contributed by atoms with Crippen LogP contribution < -0.4 is 0 Å². The Bertz CT molecular complexity index is 589. The second-order valence-electron chi connectivity index (χ2n) is 5.21. The molecule has 0 aromatic carbocycles. The van der Waals surface area contributed by atoms with E-state index in [-0.39, 0.29) is 6.10 Å². The fourth-order valence-corrected chi connectivity index (χ4v) is 3.20. The first kappa shape index (κ1) is 15.1. The van der Waals surface area contributed by atoms with Crippen LogP contribution in [0, 0.1) is 0 Å². The molecule has 1 fully saturated rings. The van der Waals surface area contributed by atoms with Gasteiger partial charge in [0.2, 0.25) is 0 Å². The van der Waals surface area contributed by atoms with Crippen molar-refractivity contribution in [2.75, 3.05) is 19.3 Å². The number of allylic oxidation sites excluding steroid dienone is 1. The molecule has 1 aliphatic heterocycles. The highest BCUT2D eigenvalue weighted by Gasteiger charge is 2.26. The maximum absolute atomic E-state index is 11.1. The minimum Gasteiger partial charge on any atom is -0.372 e. The first-order valence-electron chi connectivity index (χ1n) is 6.87. The van der Waals surface area contributed by atoms with E-state index < -0.39 is 10.1 Å². The van der Waals surface area contributed by atoms with Gasteiger partial charge in [-0.3, -0.25) is 4.18 Å². The van der Waals surface area contributed by atoms with E-state index in [0.717, 1.165) is 31.3 Å². The third-order valence-corrected chi connectivity index (χ3v) is 4.16. The molecular weight excluding hydrogens is 276 g/mol. The summed E-state index contributed by atoms with van der Waals surface area (Å²) >= 11 is 0. The lowest BCUT2D eigenvalue weighted by Gasteiger charge is -2.19. The van der Waals surface area contributed by atoms with Crippen molar-refractivity contribution in [1.82, 2.24) is 9.88 Å². The van der Waals surface area contributed by atoms with Crippen LogP contribution in [0.3, 0.4) is 0 Å². The number of rotatable bonds is 5. The van der Waals surface area contributed by atoms with Crippen LogP contribution in [0.5, 0.6) is 0 Å². The zero-order chi connectivity index (χ0) is 14.8. The van der Waals surface area contributed by atoms with Crippen LogP contribution in [0.25, 0.3) is 6.08 Å². The van der Waals surface area contributed by atoms with Gasteiger partial charge < -0.3 is 9.88 Å². The number of hydrogen-bond donors (Lipinski definition) is 1. The highest BCUT2D eigenvalue weighted by molar-refractivity contribution is 7.86. The molecule has 5 nitrogen and oxygen atoms in total. The van der Waals surface area contributed by atoms with Crippen molar-refractivity contribution in [1.29, 1.82) is 0 Å². The van der Waals surface area contributed by atoms with E-state index >= 15 is 0 Å². The van der Waals surface area contributed by atoms with Crippen molar-refractivity contribution in [3.8, 4) is 0 Å². The van der Waals surface area contributed by atoms with Crippen LogP contribution in [0.1, 0.15) is 31.5 Å². The fourth-order valence-electron chi connectivity index (χ4n) is 2.55. The Morgan fingerprint density at radius 3 is 3.00 bits per heavy atom. The molecule has 0 amide bonds. The van der Waals surface area contributed by atoms with Gasteiger partial charge in [-0.25, -0.2) is 0 Å². The molecule has 0 bridgehead atoms. The normalized spacial score (nSPS) is 20.6. The monoisotopic (exact) mass is 298 g/mol. The summed E-state index contributed by atoms with van der Waals surface area (Å²) in [5, 5.41) is 0. The molecule has 112 valence electrons. The molecule has 0 saturated carbocycles. The van der Waals surface area contributed by atoms with E-state index in [4.69, 9.17) is 4.18 Å². The molecule has 1 atom stereocenters. The fraction of sp³-hybridized carbons (Fsp3) is 0.571. The number of aromatic nitrogens is 1. The molecule has 1 aromatic rings. The predicted octanol–water partition coefficient (Wildman–Crippen LogP) is 1.99. The number of H-pyrrole nitrogens is 1. The van der Waals surface area contributed by atoms with Gasteiger partial charge in [-0.15, -0.1) is 0 Å². The van der Waals surface area contributed by atoms with Gasteiger partial charge in [-0.05, 0) is 37.5 Å². The predicted molar refractivity (Wildman–Crippen MR) is 79.7 cm³/mol. The van der Waals surface area contributed by atoms with E-state index in [0.29, 0.717) is 6.54 Å². The number of nitrogens with one attached hydrogen (secondary N) is 1. The molecule has 0 unspecified atom stereocenters. The Morgan fingerprint density at radius 1 is 1.60 bits per heavy atom. The van der Waals surface area contributed by atoms with Gasteiger partial charge >= 0.3 is 0 Å². The van der Waals surface area contributed by atoms with E-state index in [1.54, 1.807) is 0 Å². The molecule has 0 spiro atoms. The first-order valence-corrected chi connectivity index (χ1v) is 8.68. The molecule has 1 aliphatic rings. The molecule has 20 heavy (non-hydrogen) atoms. The molecule has 2 rings (SSSR count). The van der Waals surface area contributed by atoms with Crippen molar-refractivity contribution < 1.29 is 12.6 Å². The van der Waals surface area contributed by atoms with Gasteiger partial charge in [0.15, 0.2) is 0 Å². The lowest BCUT2D eigenvalue weighted by molar-refractivity contribution is 0.219. The van der Waals surface area contributed by atoms with Crippen LogP contribution in [0.2, 0.25) is 0 Å². The SMILES string of the molecule is CCc1[nH]ccc1/C=C(\C)N1CC[C@H](OS(C)(=O)=O)C1. The molecule has 1 N–H and O–H groups in total. The largest absolute Gasteiger partial charge is 0.372 e. The van der Waals surface area contributed by atoms with Crippen molar-refractivity contribution in [2.45, 2.75) is 32.8 Å². The van der Waals surface area contributed by atoms with E-state index in [2.05, 4.69) is 35.9 Å². The minimum atomic E-state index is -3.37. The minimum absolute atomic E-state index is 0.231. The summed E-state index contributed by atoms with van der Waals surface area (Å²) in [4.78, 5) is 5.39. The average molecular weight is 298 g/mol. The van der Waals surface area contributed by atoms with Crippen LogP contribution in [-0.2, 0) is 20.7 Å². The molecule has 0 radical (unpaired) electrons. The maximum Gasteiger partial charge on any atom is 0.264 e. The van der Waals surface area contributed by atoms with Crippen LogP contribution in [0.4, 0.5) is 0 Å². The number of aromatic amines is 1. The van der Waals surface area contributed by atoms with E-state index in [9.17, 15) is 8.42 Å². The maximum atomic E-state index is 11.1. The van der Waals surface area contributed by atoms with E-state index in [1.807, 2.05) is 6.20 Å². The molecule has 0 aliphatic carbocycles. The number of aryl methyl sites for hydroxylation is 1. The third kappa shape index (κ3) is 3.86. The van der Waals surface area contributed by atoms with Gasteiger partial charge in [0, 0.05) is 30.7 Å². The lowest BCUT2D eigenvalue weighted by Crippen LogP contribution is -2.23. The summed E-state index contributed by atoms with van der Waals surface area (Å²) in [5.74, 6) is 0. The molecule has 2 heterocycles. The second kappa shape index (κ2) is 6.01. The highest BCUT2D eigenvalue weighted by Crippen LogP contribution is 2.21. The van der Waals surface area contributed by atoms with Gasteiger partial charge in [-0.2, -0.15) is 8.42 Å². The van der Waals surface area contributed by atoms with Crippen LogP contribution in [-0.4, -0.2) is 43.8 Å². The standard InChI is InChI=1S/C14H22N2O3S/c1-4-14-12(5-7-15-14)9-11(2)16-8-6-13(10-16)19-20(3,17)18/h5,7,9,13,15H,4,6,8,10H2,1-3H3/b11-9+/t13-/m0/s1. The number of likely N-dealkylation sites (tertiary alicyclic amines) is 1. The van der Waals surface area contributed by atoms with Crippen molar-refractivity contribution in [2.24, 2.45) is 0 Å². The summed E-state index contributed by atoms with van der Waals surface area (Å²) in [6, 6.07) is 2.06. The van der Waals surface area contributed by atoms with E-state index in [1.165, 1.54) is 11.3 Å². The van der Waals surface area contributed by atoms with Gasteiger partial charge in [0.05, 0.1) is 12.4 Å². The zero-order valence-corrected chi connectivity index (χ0v) is 13.0. The Balaban J connectivity index is 2.02. The van der Waals surface area contributed by atoms with Gasteiger partial charge in [0.1, 0.15) is 0 Å². The van der Waals surface area contributed by atoms with Crippen molar-refractivity contribution >= 4 is 16.2 Å². The molecule has 6 heteroatoms. The molecular formula is C14H22N2O3S. The second-order valence-corrected chi connectivity index (χ2v) is 6.81. The quantitative estimate of drug-likeness (QED) is 0.844. The van der Waals surface area contributed by atoms with Crippen LogP contribution >= 0.6 is 0 Å². The zero-order valence-electron chi connectivity index (χ0n) is 12.2. The summed E-state index contributed by atoms with van der Waals surface area (Å²) < 4.78 is 27.3. The van der Waals surface area contributed by atoms with Gasteiger partial charge in [0.25, 0.3) is 10.1 Å². The topological polar surface area (TPSA) is 62.4 Å². The summed E-state index contributed by atoms with van der Waals surface area (Å²) in [6.45, 7) is 5.62. The van der Waals surface area contributed by atoms with Gasteiger partial charge in [-0.1, -0.05) is 6.92 Å². The Labute approximate surface area is 120 Å². The highest BCUT2D eigenvalue weighted by atomic mass is 32.2. The molecule has 1 saturated heterocycles. The summed E-state index contributed by atoms with van der Waals surface area (Å²) in [7, 11) is -3.37. The van der Waals surface area contributed by atoms with Crippen molar-refractivity contribution in [3.63, 3.8) is 0 Å². The Kier molecular flexibility index (Phi) is 4.55.